The summed E-state index contributed by atoms with van der Waals surface area (Å²) in [4.78, 5) is 20.9. The van der Waals surface area contributed by atoms with Crippen LogP contribution in [0.5, 0.6) is 0 Å². The van der Waals surface area contributed by atoms with Gasteiger partial charge in [0.15, 0.2) is 0 Å². The predicted octanol–water partition coefficient (Wildman–Crippen LogP) is 5.17. The minimum absolute atomic E-state index is 0.0384. The average molecular weight is 425 g/mol. The van der Waals surface area contributed by atoms with Gasteiger partial charge in [0.25, 0.3) is 5.91 Å². The summed E-state index contributed by atoms with van der Waals surface area (Å²) in [5.41, 5.74) is 1.79. The van der Waals surface area contributed by atoms with E-state index in [-0.39, 0.29) is 29.8 Å². The van der Waals surface area contributed by atoms with Crippen molar-refractivity contribution in [2.24, 2.45) is 10.9 Å². The van der Waals surface area contributed by atoms with Crippen molar-refractivity contribution in [3.8, 4) is 0 Å². The van der Waals surface area contributed by atoms with Crippen molar-refractivity contribution in [2.45, 2.75) is 83.0 Å². The quantitative estimate of drug-likeness (QED) is 0.685. The van der Waals surface area contributed by atoms with E-state index in [1.165, 1.54) is 18.6 Å². The second-order valence-electron chi connectivity index (χ2n) is 9.19. The van der Waals surface area contributed by atoms with Gasteiger partial charge in [-0.2, -0.15) is 0 Å². The SMILES string of the molecule is CCCC(C1=CCC(C(C)O)C=C1)N1C(=O)C(c2ccc(F)cc2)=NC12CCCCC2. The molecule has 1 fully saturated rings. The van der Waals surface area contributed by atoms with Crippen molar-refractivity contribution in [3.05, 3.63) is 59.4 Å². The molecule has 1 heterocycles. The van der Waals surface area contributed by atoms with E-state index in [0.717, 1.165) is 50.5 Å². The number of aliphatic hydroxyl groups excluding tert-OH is 1. The fourth-order valence-corrected chi connectivity index (χ4v) is 5.29. The number of halogens is 1. The number of amides is 1. The molecule has 31 heavy (non-hydrogen) atoms. The highest BCUT2D eigenvalue weighted by atomic mass is 19.1. The van der Waals surface area contributed by atoms with Gasteiger partial charge in [0.1, 0.15) is 17.2 Å². The molecule has 4 rings (SSSR count). The lowest BCUT2D eigenvalue weighted by Crippen LogP contribution is -2.54. The smallest absolute Gasteiger partial charge is 0.275 e. The van der Waals surface area contributed by atoms with Crippen molar-refractivity contribution in [1.82, 2.24) is 4.90 Å². The third kappa shape index (κ3) is 4.25. The number of rotatable bonds is 6. The fourth-order valence-electron chi connectivity index (χ4n) is 5.29. The van der Waals surface area contributed by atoms with Crippen LogP contribution >= 0.6 is 0 Å². The van der Waals surface area contributed by atoms with E-state index in [1.807, 2.05) is 11.8 Å². The molecule has 2 aliphatic carbocycles. The van der Waals surface area contributed by atoms with Gasteiger partial charge < -0.3 is 10.0 Å². The minimum atomic E-state index is -0.505. The summed E-state index contributed by atoms with van der Waals surface area (Å²) in [6.45, 7) is 3.97. The standard InChI is InChI=1S/C26H33FN2O2/c1-3-7-23(20-10-8-19(9-11-20)18(2)30)29-25(31)24(21-12-14-22(27)15-13-21)28-26(29)16-5-4-6-17-26/h8,10-15,18-19,23,30H,3-7,9,16-17H2,1-2H3. The highest BCUT2D eigenvalue weighted by Gasteiger charge is 2.50. The van der Waals surface area contributed by atoms with E-state index >= 15 is 0 Å². The number of nitrogens with zero attached hydrogens (tertiary/aromatic N) is 2. The molecule has 3 atom stereocenters. The number of aliphatic hydroxyl groups is 1. The molecule has 1 amide bonds. The van der Waals surface area contributed by atoms with Crippen LogP contribution in [0.15, 0.2) is 53.1 Å². The number of allylic oxidation sites excluding steroid dienone is 1. The Morgan fingerprint density at radius 1 is 1.23 bits per heavy atom. The van der Waals surface area contributed by atoms with Gasteiger partial charge in [-0.3, -0.25) is 9.79 Å². The molecule has 0 aromatic heterocycles. The molecule has 1 saturated carbocycles. The van der Waals surface area contributed by atoms with Crippen LogP contribution in [0, 0.1) is 11.7 Å². The van der Waals surface area contributed by atoms with Gasteiger partial charge in [0.05, 0.1) is 12.1 Å². The Morgan fingerprint density at radius 2 is 1.94 bits per heavy atom. The summed E-state index contributed by atoms with van der Waals surface area (Å²) in [6.07, 6.45) is 13.6. The van der Waals surface area contributed by atoms with E-state index in [2.05, 4.69) is 25.2 Å². The maximum absolute atomic E-state index is 13.8. The van der Waals surface area contributed by atoms with Crippen molar-refractivity contribution in [3.63, 3.8) is 0 Å². The molecule has 1 aromatic carbocycles. The maximum atomic E-state index is 13.8. The summed E-state index contributed by atoms with van der Waals surface area (Å²) in [6, 6.07) is 6.08. The summed E-state index contributed by atoms with van der Waals surface area (Å²) in [5.74, 6) is -0.234. The van der Waals surface area contributed by atoms with Gasteiger partial charge in [-0.1, -0.05) is 38.0 Å². The third-order valence-corrected chi connectivity index (χ3v) is 7.00. The Balaban J connectivity index is 1.71. The predicted molar refractivity (Wildman–Crippen MR) is 121 cm³/mol. The minimum Gasteiger partial charge on any atom is -0.393 e. The molecule has 5 heteroatoms. The largest absolute Gasteiger partial charge is 0.393 e. The summed E-state index contributed by atoms with van der Waals surface area (Å²) in [7, 11) is 0. The number of carbonyl (C=O) groups is 1. The van der Waals surface area contributed by atoms with E-state index < -0.39 is 5.66 Å². The van der Waals surface area contributed by atoms with Gasteiger partial charge in [-0.25, -0.2) is 4.39 Å². The molecule has 166 valence electrons. The molecule has 3 aliphatic rings. The monoisotopic (exact) mass is 424 g/mol. The highest BCUT2D eigenvalue weighted by Crippen LogP contribution is 2.43. The zero-order chi connectivity index (χ0) is 22.0. The van der Waals surface area contributed by atoms with Gasteiger partial charge in [0.2, 0.25) is 0 Å². The Kier molecular flexibility index (Phi) is 6.42. The molecular weight excluding hydrogens is 391 g/mol. The van der Waals surface area contributed by atoms with Crippen LogP contribution in [0.25, 0.3) is 0 Å². The van der Waals surface area contributed by atoms with Crippen LogP contribution < -0.4 is 0 Å². The lowest BCUT2D eigenvalue weighted by molar-refractivity contribution is -0.131. The van der Waals surface area contributed by atoms with Gasteiger partial charge in [-0.05, 0) is 75.3 Å². The number of hydrogen-bond donors (Lipinski definition) is 1. The Morgan fingerprint density at radius 3 is 2.52 bits per heavy atom. The number of carbonyl (C=O) groups excluding carboxylic acids is 1. The zero-order valence-electron chi connectivity index (χ0n) is 18.6. The summed E-state index contributed by atoms with van der Waals surface area (Å²) in [5, 5.41) is 9.95. The molecule has 3 unspecified atom stereocenters. The van der Waals surface area contributed by atoms with Crippen LogP contribution in [0.1, 0.15) is 70.8 Å². The van der Waals surface area contributed by atoms with Gasteiger partial charge in [0, 0.05) is 11.5 Å². The lowest BCUT2D eigenvalue weighted by Gasteiger charge is -2.44. The Hall–Kier alpha value is -2.27. The molecule has 1 aromatic rings. The van der Waals surface area contributed by atoms with Gasteiger partial charge >= 0.3 is 0 Å². The molecule has 1 aliphatic heterocycles. The van der Waals surface area contributed by atoms with Crippen molar-refractivity contribution >= 4 is 11.6 Å². The van der Waals surface area contributed by atoms with Crippen molar-refractivity contribution in [2.75, 3.05) is 0 Å². The van der Waals surface area contributed by atoms with E-state index in [4.69, 9.17) is 4.99 Å². The number of benzene rings is 1. The Labute approximate surface area is 184 Å². The summed E-state index contributed by atoms with van der Waals surface area (Å²) < 4.78 is 13.5. The molecule has 0 bridgehead atoms. The molecule has 1 spiro atoms. The highest BCUT2D eigenvalue weighted by molar-refractivity contribution is 6.46. The topological polar surface area (TPSA) is 52.9 Å². The fraction of sp³-hybridized carbons (Fsp3) is 0.538. The van der Waals surface area contributed by atoms with Crippen LogP contribution in [0.4, 0.5) is 4.39 Å². The number of aliphatic imine (C=N–C) groups is 1. The van der Waals surface area contributed by atoms with Gasteiger partial charge in [-0.15, -0.1) is 0 Å². The normalized spacial score (nSPS) is 24.8. The molecule has 4 nitrogen and oxygen atoms in total. The second-order valence-corrected chi connectivity index (χ2v) is 9.19. The molecule has 0 radical (unpaired) electrons. The van der Waals surface area contributed by atoms with Crippen LogP contribution in [-0.4, -0.2) is 39.4 Å². The van der Waals surface area contributed by atoms with Crippen LogP contribution in [-0.2, 0) is 4.79 Å². The van der Waals surface area contributed by atoms with E-state index in [1.54, 1.807) is 12.1 Å². The first-order chi connectivity index (χ1) is 14.9. The summed E-state index contributed by atoms with van der Waals surface area (Å²) >= 11 is 0. The first-order valence-corrected chi connectivity index (χ1v) is 11.7. The molecular formula is C26H33FN2O2. The van der Waals surface area contributed by atoms with Crippen molar-refractivity contribution < 1.29 is 14.3 Å². The average Bonchev–Trinajstić information content (AvgIpc) is 3.04. The zero-order valence-corrected chi connectivity index (χ0v) is 18.6. The third-order valence-electron chi connectivity index (χ3n) is 7.00. The first-order valence-electron chi connectivity index (χ1n) is 11.7. The Bertz CT molecular complexity index is 894. The molecule has 1 N–H and O–H groups in total. The lowest BCUT2D eigenvalue weighted by atomic mass is 9.84. The van der Waals surface area contributed by atoms with Crippen LogP contribution in [0.2, 0.25) is 0 Å². The maximum Gasteiger partial charge on any atom is 0.275 e. The first kappa shape index (κ1) is 21.9. The molecule has 0 saturated heterocycles. The van der Waals surface area contributed by atoms with E-state index in [9.17, 15) is 14.3 Å². The van der Waals surface area contributed by atoms with Crippen molar-refractivity contribution in [1.29, 1.82) is 0 Å². The second kappa shape index (κ2) is 9.07. The van der Waals surface area contributed by atoms with E-state index in [0.29, 0.717) is 11.3 Å². The van der Waals surface area contributed by atoms with Crippen LogP contribution in [0.3, 0.4) is 0 Å². The number of hydrogen-bond acceptors (Lipinski definition) is 3.